The number of aliphatic carboxylic acids is 1. The normalized spacial score (nSPS) is 15.8. The average molecular weight is 266 g/mol. The van der Waals surface area contributed by atoms with E-state index in [0.29, 0.717) is 18.8 Å². The third-order valence-corrected chi connectivity index (χ3v) is 2.99. The summed E-state index contributed by atoms with van der Waals surface area (Å²) in [6.07, 6.45) is 0.149. The molecule has 2 N–H and O–H groups in total. The maximum atomic E-state index is 12.7. The highest BCUT2D eigenvalue weighted by Gasteiger charge is 2.29. The molecule has 1 aromatic carbocycles. The number of likely N-dealkylation sites (tertiary alicyclic amines) is 1. The Labute approximate surface area is 110 Å². The van der Waals surface area contributed by atoms with Gasteiger partial charge < -0.3 is 10.4 Å². The van der Waals surface area contributed by atoms with Crippen molar-refractivity contribution in [1.29, 1.82) is 0 Å². The molecule has 0 aromatic heterocycles. The van der Waals surface area contributed by atoms with Gasteiger partial charge in [0.25, 0.3) is 0 Å². The minimum Gasteiger partial charge on any atom is -0.481 e. The van der Waals surface area contributed by atoms with E-state index in [2.05, 4.69) is 5.32 Å². The topological polar surface area (TPSA) is 69.6 Å². The molecular weight excluding hydrogens is 251 g/mol. The zero-order chi connectivity index (χ0) is 13.8. The lowest BCUT2D eigenvalue weighted by Gasteiger charge is -2.37. The molecule has 19 heavy (non-hydrogen) atoms. The van der Waals surface area contributed by atoms with Gasteiger partial charge in [0.15, 0.2) is 0 Å². The van der Waals surface area contributed by atoms with Crippen LogP contribution in [0.3, 0.4) is 0 Å². The van der Waals surface area contributed by atoms with Crippen LogP contribution in [0.5, 0.6) is 0 Å². The second-order valence-electron chi connectivity index (χ2n) is 4.71. The number of anilines is 1. The molecule has 5 nitrogen and oxygen atoms in total. The van der Waals surface area contributed by atoms with Crippen molar-refractivity contribution in [3.63, 3.8) is 0 Å². The molecule has 0 saturated carbocycles. The molecule has 0 aliphatic carbocycles. The van der Waals surface area contributed by atoms with Crippen LogP contribution in [-0.2, 0) is 9.59 Å². The minimum atomic E-state index is -0.805. The third-order valence-electron chi connectivity index (χ3n) is 2.99. The zero-order valence-electron chi connectivity index (χ0n) is 10.3. The molecule has 1 aliphatic rings. The van der Waals surface area contributed by atoms with Gasteiger partial charge in [-0.15, -0.1) is 0 Å². The number of halogens is 1. The minimum absolute atomic E-state index is 0.135. The molecule has 0 atom stereocenters. The molecule has 0 bridgehead atoms. The Balaban J connectivity index is 1.71. The van der Waals surface area contributed by atoms with Crippen LogP contribution < -0.4 is 5.32 Å². The molecule has 0 radical (unpaired) electrons. The Hall–Kier alpha value is -1.95. The fourth-order valence-electron chi connectivity index (χ4n) is 2.12. The summed E-state index contributed by atoms with van der Waals surface area (Å²) in [6.45, 7) is 1.49. The highest BCUT2D eigenvalue weighted by atomic mass is 19.1. The predicted molar refractivity (Wildman–Crippen MR) is 67.2 cm³/mol. The summed E-state index contributed by atoms with van der Waals surface area (Å²) >= 11 is 0. The Bertz CT molecular complexity index is 469. The first-order valence-electron chi connectivity index (χ1n) is 6.02. The van der Waals surface area contributed by atoms with Crippen molar-refractivity contribution in [2.24, 2.45) is 5.92 Å². The van der Waals surface area contributed by atoms with Gasteiger partial charge in [0, 0.05) is 18.8 Å². The number of nitrogens with zero attached hydrogens (tertiary/aromatic N) is 1. The Morgan fingerprint density at radius 2 is 1.95 bits per heavy atom. The fourth-order valence-corrected chi connectivity index (χ4v) is 2.12. The lowest BCUT2D eigenvalue weighted by molar-refractivity contribution is -0.139. The summed E-state index contributed by atoms with van der Waals surface area (Å²) < 4.78 is 12.7. The van der Waals surface area contributed by atoms with E-state index in [4.69, 9.17) is 5.11 Å². The van der Waals surface area contributed by atoms with E-state index in [1.807, 2.05) is 4.90 Å². The number of carbonyl (C=O) groups is 2. The van der Waals surface area contributed by atoms with E-state index >= 15 is 0 Å². The molecule has 102 valence electrons. The highest BCUT2D eigenvalue weighted by molar-refractivity contribution is 5.92. The summed E-state index contributed by atoms with van der Waals surface area (Å²) in [4.78, 5) is 24.0. The molecule has 1 saturated heterocycles. The van der Waals surface area contributed by atoms with Crippen molar-refractivity contribution in [2.75, 3.05) is 25.0 Å². The summed E-state index contributed by atoms with van der Waals surface area (Å²) in [5.41, 5.74) is 0.550. The lowest BCUT2D eigenvalue weighted by Crippen LogP contribution is -2.50. The maximum absolute atomic E-state index is 12.7. The Kier molecular flexibility index (Phi) is 4.11. The first-order valence-corrected chi connectivity index (χ1v) is 6.02. The van der Waals surface area contributed by atoms with Crippen molar-refractivity contribution in [3.8, 4) is 0 Å². The molecule has 1 heterocycles. The van der Waals surface area contributed by atoms with Crippen LogP contribution in [0, 0.1) is 11.7 Å². The van der Waals surface area contributed by atoms with Crippen LogP contribution in [0.2, 0.25) is 0 Å². The monoisotopic (exact) mass is 266 g/mol. The number of nitrogens with one attached hydrogen (secondary N) is 1. The average Bonchev–Trinajstić information content (AvgIpc) is 2.29. The largest absolute Gasteiger partial charge is 0.481 e. The van der Waals surface area contributed by atoms with Crippen molar-refractivity contribution < 1.29 is 19.1 Å². The van der Waals surface area contributed by atoms with E-state index in [-0.39, 0.29) is 30.6 Å². The van der Waals surface area contributed by atoms with Crippen molar-refractivity contribution in [1.82, 2.24) is 4.90 Å². The van der Waals surface area contributed by atoms with E-state index in [1.165, 1.54) is 24.3 Å². The number of rotatable bonds is 5. The van der Waals surface area contributed by atoms with Gasteiger partial charge >= 0.3 is 5.97 Å². The van der Waals surface area contributed by atoms with Gasteiger partial charge in [-0.05, 0) is 30.2 Å². The van der Waals surface area contributed by atoms with Crippen LogP contribution in [-0.4, -0.2) is 41.5 Å². The molecular formula is C13H15FN2O3. The number of carboxylic acid groups (broad SMARTS) is 1. The number of benzene rings is 1. The van der Waals surface area contributed by atoms with E-state index in [0.717, 1.165) is 0 Å². The molecule has 1 fully saturated rings. The quantitative estimate of drug-likeness (QED) is 0.839. The molecule has 0 unspecified atom stereocenters. The van der Waals surface area contributed by atoms with Gasteiger partial charge in [0.2, 0.25) is 5.91 Å². The van der Waals surface area contributed by atoms with E-state index < -0.39 is 5.97 Å². The number of hydrogen-bond donors (Lipinski definition) is 2. The van der Waals surface area contributed by atoms with Crippen LogP contribution in [0.4, 0.5) is 10.1 Å². The first-order chi connectivity index (χ1) is 9.02. The molecule has 1 aromatic rings. The standard InChI is InChI=1S/C13H15FN2O3/c14-10-1-3-11(4-2-10)15-12(17)8-16-6-9(7-16)5-13(18)19/h1-4,9H,5-8H2,(H,15,17)(H,18,19). The third kappa shape index (κ3) is 4.03. The van der Waals surface area contributed by atoms with Crippen LogP contribution in [0.1, 0.15) is 6.42 Å². The van der Waals surface area contributed by atoms with Crippen molar-refractivity contribution in [3.05, 3.63) is 30.1 Å². The van der Waals surface area contributed by atoms with Gasteiger partial charge in [-0.25, -0.2) is 4.39 Å². The van der Waals surface area contributed by atoms with Gasteiger partial charge in [0.1, 0.15) is 5.82 Å². The van der Waals surface area contributed by atoms with Crippen LogP contribution in [0.15, 0.2) is 24.3 Å². The molecule has 2 rings (SSSR count). The summed E-state index contributed by atoms with van der Waals surface area (Å²) in [5.74, 6) is -1.20. The van der Waals surface area contributed by atoms with E-state index in [9.17, 15) is 14.0 Å². The van der Waals surface area contributed by atoms with Crippen LogP contribution in [0.25, 0.3) is 0 Å². The molecule has 1 aliphatic heterocycles. The van der Waals surface area contributed by atoms with Gasteiger partial charge in [-0.1, -0.05) is 0 Å². The number of carboxylic acids is 1. The SMILES string of the molecule is O=C(O)CC1CN(CC(=O)Nc2ccc(F)cc2)C1. The Morgan fingerprint density at radius 3 is 2.53 bits per heavy atom. The Morgan fingerprint density at radius 1 is 1.32 bits per heavy atom. The van der Waals surface area contributed by atoms with Gasteiger partial charge in [0.05, 0.1) is 13.0 Å². The molecule has 1 amide bonds. The smallest absolute Gasteiger partial charge is 0.303 e. The fraction of sp³-hybridized carbons (Fsp3) is 0.385. The first kappa shape index (κ1) is 13.5. The summed E-state index contributed by atoms with van der Waals surface area (Å²) in [5, 5.41) is 11.3. The maximum Gasteiger partial charge on any atom is 0.303 e. The van der Waals surface area contributed by atoms with Crippen molar-refractivity contribution in [2.45, 2.75) is 6.42 Å². The summed E-state index contributed by atoms with van der Waals surface area (Å²) in [7, 11) is 0. The summed E-state index contributed by atoms with van der Waals surface area (Å²) in [6, 6.07) is 5.55. The molecule has 6 heteroatoms. The second-order valence-corrected chi connectivity index (χ2v) is 4.71. The predicted octanol–water partition coefficient (Wildman–Crippen LogP) is 1.17. The zero-order valence-corrected chi connectivity index (χ0v) is 10.3. The second kappa shape index (κ2) is 5.79. The molecule has 0 spiro atoms. The van der Waals surface area contributed by atoms with E-state index in [1.54, 1.807) is 0 Å². The highest BCUT2D eigenvalue weighted by Crippen LogP contribution is 2.18. The number of amides is 1. The van der Waals surface area contributed by atoms with Gasteiger partial charge in [-0.3, -0.25) is 14.5 Å². The van der Waals surface area contributed by atoms with Crippen LogP contribution >= 0.6 is 0 Å². The number of hydrogen-bond acceptors (Lipinski definition) is 3. The lowest BCUT2D eigenvalue weighted by atomic mass is 9.96. The van der Waals surface area contributed by atoms with Gasteiger partial charge in [-0.2, -0.15) is 0 Å². The van der Waals surface area contributed by atoms with Crippen molar-refractivity contribution >= 4 is 17.6 Å². The number of carbonyl (C=O) groups excluding carboxylic acids is 1.